The third kappa shape index (κ3) is 2.99. The maximum absolute atomic E-state index is 9.86. The predicted octanol–water partition coefficient (Wildman–Crippen LogP) is 3.83. The average molecular weight is 257 g/mol. The molecule has 19 heavy (non-hydrogen) atoms. The second-order valence-electron chi connectivity index (χ2n) is 4.62. The van der Waals surface area contributed by atoms with Gasteiger partial charge in [0, 0.05) is 11.3 Å². The van der Waals surface area contributed by atoms with Gasteiger partial charge in [-0.05, 0) is 43.2 Å². The monoisotopic (exact) mass is 257 g/mol. The van der Waals surface area contributed by atoms with Crippen LogP contribution in [0.3, 0.4) is 0 Å². The van der Waals surface area contributed by atoms with Crippen LogP contribution >= 0.6 is 0 Å². The quantitative estimate of drug-likeness (QED) is 0.729. The average Bonchev–Trinajstić information content (AvgIpc) is 2.42. The van der Waals surface area contributed by atoms with E-state index in [0.717, 1.165) is 12.1 Å². The summed E-state index contributed by atoms with van der Waals surface area (Å²) in [6.07, 6.45) is 0.946. The van der Waals surface area contributed by atoms with E-state index in [0.29, 0.717) is 5.56 Å². The molecule has 0 aliphatic rings. The summed E-state index contributed by atoms with van der Waals surface area (Å²) in [5.74, 6) is 0.344. The van der Waals surface area contributed by atoms with Gasteiger partial charge in [-0.15, -0.1) is 0 Å². The SMILES string of the molecule is CCc1ccccc1NC(C)c1cc(O)ccc1O. The van der Waals surface area contributed by atoms with Crippen molar-refractivity contribution in [3.63, 3.8) is 0 Å². The maximum atomic E-state index is 9.86. The van der Waals surface area contributed by atoms with Crippen LogP contribution in [0.5, 0.6) is 11.5 Å². The third-order valence-corrected chi connectivity index (χ3v) is 3.25. The molecule has 2 aromatic carbocycles. The van der Waals surface area contributed by atoms with Crippen molar-refractivity contribution >= 4 is 5.69 Å². The summed E-state index contributed by atoms with van der Waals surface area (Å²) in [6.45, 7) is 4.07. The number of hydrogen-bond acceptors (Lipinski definition) is 3. The molecule has 0 spiro atoms. The van der Waals surface area contributed by atoms with Gasteiger partial charge in [0.15, 0.2) is 0 Å². The number of nitrogens with one attached hydrogen (secondary N) is 1. The number of aromatic hydroxyl groups is 2. The first-order chi connectivity index (χ1) is 9.11. The Morgan fingerprint density at radius 2 is 1.84 bits per heavy atom. The summed E-state index contributed by atoms with van der Waals surface area (Å²) in [5.41, 5.74) is 2.97. The zero-order valence-electron chi connectivity index (χ0n) is 11.2. The Kier molecular flexibility index (Phi) is 3.95. The molecule has 0 saturated carbocycles. The van der Waals surface area contributed by atoms with Crippen LogP contribution in [0.25, 0.3) is 0 Å². The summed E-state index contributed by atoms with van der Waals surface area (Å²) in [5, 5.41) is 22.7. The lowest BCUT2D eigenvalue weighted by molar-refractivity contribution is 0.451. The largest absolute Gasteiger partial charge is 0.508 e. The lowest BCUT2D eigenvalue weighted by Crippen LogP contribution is -2.08. The van der Waals surface area contributed by atoms with Gasteiger partial charge < -0.3 is 15.5 Å². The third-order valence-electron chi connectivity index (χ3n) is 3.25. The summed E-state index contributed by atoms with van der Waals surface area (Å²) < 4.78 is 0. The molecular weight excluding hydrogens is 238 g/mol. The zero-order valence-corrected chi connectivity index (χ0v) is 11.2. The molecule has 1 atom stereocenters. The van der Waals surface area contributed by atoms with Gasteiger partial charge in [0.05, 0.1) is 6.04 Å². The molecule has 0 heterocycles. The topological polar surface area (TPSA) is 52.5 Å². The van der Waals surface area contributed by atoms with Gasteiger partial charge in [-0.3, -0.25) is 0 Å². The smallest absolute Gasteiger partial charge is 0.121 e. The number of hydrogen-bond donors (Lipinski definition) is 3. The van der Waals surface area contributed by atoms with E-state index in [1.165, 1.54) is 17.7 Å². The van der Waals surface area contributed by atoms with Crippen molar-refractivity contribution in [1.82, 2.24) is 0 Å². The highest BCUT2D eigenvalue weighted by molar-refractivity contribution is 5.54. The highest BCUT2D eigenvalue weighted by atomic mass is 16.3. The second-order valence-corrected chi connectivity index (χ2v) is 4.62. The second kappa shape index (κ2) is 5.65. The molecule has 1 unspecified atom stereocenters. The van der Waals surface area contributed by atoms with Gasteiger partial charge in [-0.25, -0.2) is 0 Å². The van der Waals surface area contributed by atoms with Gasteiger partial charge in [0.1, 0.15) is 11.5 Å². The minimum absolute atomic E-state index is 0.0835. The molecule has 0 fully saturated rings. The molecule has 3 N–H and O–H groups in total. The molecule has 0 radical (unpaired) electrons. The Bertz CT molecular complexity index is 566. The molecule has 2 aromatic rings. The minimum Gasteiger partial charge on any atom is -0.508 e. The van der Waals surface area contributed by atoms with Crippen LogP contribution in [0.1, 0.15) is 31.0 Å². The van der Waals surface area contributed by atoms with Gasteiger partial charge in [0.25, 0.3) is 0 Å². The van der Waals surface area contributed by atoms with Gasteiger partial charge >= 0.3 is 0 Å². The fourth-order valence-corrected chi connectivity index (χ4v) is 2.17. The molecule has 3 heteroatoms. The van der Waals surface area contributed by atoms with Crippen molar-refractivity contribution in [3.05, 3.63) is 53.6 Å². The van der Waals surface area contributed by atoms with E-state index in [1.807, 2.05) is 25.1 Å². The van der Waals surface area contributed by atoms with Crippen LogP contribution in [-0.4, -0.2) is 10.2 Å². The number of phenolic OH excluding ortho intramolecular Hbond substituents is 2. The number of para-hydroxylation sites is 1. The summed E-state index contributed by atoms with van der Waals surface area (Å²) in [6, 6.07) is 12.6. The molecule has 2 rings (SSSR count). The van der Waals surface area contributed by atoms with Crippen molar-refractivity contribution in [2.45, 2.75) is 26.3 Å². The summed E-state index contributed by atoms with van der Waals surface area (Å²) >= 11 is 0. The number of rotatable bonds is 4. The first-order valence-corrected chi connectivity index (χ1v) is 6.48. The molecule has 0 saturated heterocycles. The van der Waals surface area contributed by atoms with E-state index in [4.69, 9.17) is 0 Å². The molecule has 0 bridgehead atoms. The Morgan fingerprint density at radius 1 is 1.11 bits per heavy atom. The van der Waals surface area contributed by atoms with Crippen LogP contribution in [-0.2, 0) is 6.42 Å². The van der Waals surface area contributed by atoms with Crippen LogP contribution in [0, 0.1) is 0 Å². The van der Waals surface area contributed by atoms with Crippen LogP contribution in [0.2, 0.25) is 0 Å². The standard InChI is InChI=1S/C16H19NO2/c1-3-12-6-4-5-7-15(12)17-11(2)14-10-13(18)8-9-16(14)19/h4-11,17-19H,3H2,1-2H3. The Morgan fingerprint density at radius 3 is 2.58 bits per heavy atom. The normalized spacial score (nSPS) is 12.1. The first-order valence-electron chi connectivity index (χ1n) is 6.48. The van der Waals surface area contributed by atoms with Crippen molar-refractivity contribution in [1.29, 1.82) is 0 Å². The lowest BCUT2D eigenvalue weighted by atomic mass is 10.0. The Hall–Kier alpha value is -2.16. The minimum atomic E-state index is -0.0835. The molecular formula is C16H19NO2. The van der Waals surface area contributed by atoms with E-state index in [-0.39, 0.29) is 17.5 Å². The fraction of sp³-hybridized carbons (Fsp3) is 0.250. The van der Waals surface area contributed by atoms with E-state index in [9.17, 15) is 10.2 Å². The Balaban J connectivity index is 2.25. The maximum Gasteiger partial charge on any atom is 0.121 e. The van der Waals surface area contributed by atoms with Crippen molar-refractivity contribution in [3.8, 4) is 11.5 Å². The van der Waals surface area contributed by atoms with Crippen molar-refractivity contribution in [2.75, 3.05) is 5.32 Å². The lowest BCUT2D eigenvalue weighted by Gasteiger charge is -2.19. The molecule has 100 valence electrons. The van der Waals surface area contributed by atoms with E-state index in [1.54, 1.807) is 6.07 Å². The molecule has 0 aliphatic heterocycles. The zero-order chi connectivity index (χ0) is 13.8. The van der Waals surface area contributed by atoms with E-state index < -0.39 is 0 Å². The van der Waals surface area contributed by atoms with Crippen LogP contribution < -0.4 is 5.32 Å². The number of benzene rings is 2. The summed E-state index contributed by atoms with van der Waals surface area (Å²) in [4.78, 5) is 0. The molecule has 3 nitrogen and oxygen atoms in total. The van der Waals surface area contributed by atoms with Crippen molar-refractivity contribution in [2.24, 2.45) is 0 Å². The fourth-order valence-electron chi connectivity index (χ4n) is 2.17. The molecule has 0 amide bonds. The van der Waals surface area contributed by atoms with Gasteiger partial charge in [-0.2, -0.15) is 0 Å². The molecule has 0 aromatic heterocycles. The highest BCUT2D eigenvalue weighted by Gasteiger charge is 2.12. The number of phenols is 2. The van der Waals surface area contributed by atoms with Crippen molar-refractivity contribution < 1.29 is 10.2 Å². The van der Waals surface area contributed by atoms with E-state index >= 15 is 0 Å². The number of anilines is 1. The number of aryl methyl sites for hydroxylation is 1. The van der Waals surface area contributed by atoms with Gasteiger partial charge in [-0.1, -0.05) is 25.1 Å². The Labute approximate surface area is 113 Å². The molecule has 0 aliphatic carbocycles. The van der Waals surface area contributed by atoms with Gasteiger partial charge in [0.2, 0.25) is 0 Å². The van der Waals surface area contributed by atoms with Crippen LogP contribution in [0.4, 0.5) is 5.69 Å². The van der Waals surface area contributed by atoms with Crippen LogP contribution in [0.15, 0.2) is 42.5 Å². The van der Waals surface area contributed by atoms with E-state index in [2.05, 4.69) is 18.3 Å². The first kappa shape index (κ1) is 13.3. The summed E-state index contributed by atoms with van der Waals surface area (Å²) in [7, 11) is 0. The predicted molar refractivity (Wildman–Crippen MR) is 77.6 cm³/mol. The highest BCUT2D eigenvalue weighted by Crippen LogP contribution is 2.30.